The lowest BCUT2D eigenvalue weighted by Crippen LogP contribution is -2.70. The van der Waals surface area contributed by atoms with Crippen molar-refractivity contribution in [2.24, 2.45) is 0 Å². The van der Waals surface area contributed by atoms with Crippen molar-refractivity contribution in [2.45, 2.75) is 41.8 Å². The van der Waals surface area contributed by atoms with Crippen LogP contribution in [-0.4, -0.2) is 61.5 Å². The number of nitrogens with zero attached hydrogens (tertiary/aromatic N) is 1. The Labute approximate surface area is 128 Å². The molecule has 0 spiro atoms. The highest BCUT2D eigenvalue weighted by Gasteiger charge is 2.64. The van der Waals surface area contributed by atoms with Gasteiger partial charge in [-0.05, 0) is 13.8 Å². The fraction of sp³-hybridized carbons (Fsp3) is 0.727. The van der Waals surface area contributed by atoms with Gasteiger partial charge >= 0.3 is 5.97 Å². The third-order valence-electron chi connectivity index (χ3n) is 3.33. The number of aliphatic carboxylic acids is 1. The molecule has 2 saturated heterocycles. The van der Waals surface area contributed by atoms with Crippen LogP contribution in [0.25, 0.3) is 0 Å². The number of halogens is 2. The zero-order valence-electron chi connectivity index (χ0n) is 11.2. The molecule has 0 aromatic rings. The first-order valence-electron chi connectivity index (χ1n) is 6.07. The lowest BCUT2D eigenvalue weighted by Gasteiger charge is -2.43. The monoisotopic (exact) mass is 340 g/mol. The molecule has 0 saturated carbocycles. The maximum atomic E-state index is 12.0. The zero-order valence-corrected chi connectivity index (χ0v) is 12.8. The Hall–Kier alpha value is -1.03. The largest absolute Gasteiger partial charge is 0.480 e. The molecule has 1 unspecified atom stereocenters. The number of hydrogen-bond acceptors (Lipinski definition) is 5. The Bertz CT molecular complexity index is 489. The fourth-order valence-corrected chi connectivity index (χ4v) is 4.49. The lowest BCUT2D eigenvalue weighted by molar-refractivity contribution is -0.160. The standard InChI is InChI=1S/C11H14F2N2O4S2/c1-11(2)6(9(18)19)15-7(17)5(8(15)21-11)14-4(16)3-20-10(12)13/h5-6,8,10H,3H2,1-2H3,(H,14,16)(H,18,19)/t5?,6-,8+/m0/s1. The van der Waals surface area contributed by atoms with Gasteiger partial charge in [0, 0.05) is 4.75 Å². The Morgan fingerprint density at radius 3 is 2.67 bits per heavy atom. The number of nitrogens with one attached hydrogen (secondary N) is 1. The summed E-state index contributed by atoms with van der Waals surface area (Å²) in [6, 6.07) is -1.80. The first kappa shape index (κ1) is 16.3. The smallest absolute Gasteiger partial charge is 0.327 e. The number of rotatable bonds is 5. The van der Waals surface area contributed by atoms with Gasteiger partial charge in [-0.3, -0.25) is 9.59 Å². The van der Waals surface area contributed by atoms with Crippen molar-refractivity contribution in [3.8, 4) is 0 Å². The number of carbonyl (C=O) groups is 3. The molecule has 0 aromatic heterocycles. The topological polar surface area (TPSA) is 86.7 Å². The second-order valence-corrected chi connectivity index (χ2v) is 7.96. The van der Waals surface area contributed by atoms with Crippen molar-refractivity contribution in [1.29, 1.82) is 0 Å². The van der Waals surface area contributed by atoms with Crippen molar-refractivity contribution < 1.29 is 28.3 Å². The van der Waals surface area contributed by atoms with E-state index in [9.17, 15) is 28.3 Å². The summed E-state index contributed by atoms with van der Waals surface area (Å²) in [5.41, 5.74) is 0. The minimum absolute atomic E-state index is 0.176. The normalized spacial score (nSPS) is 30.0. The van der Waals surface area contributed by atoms with Crippen LogP contribution in [0.15, 0.2) is 0 Å². The number of fused-ring (bicyclic) bond motifs is 1. The number of amides is 2. The van der Waals surface area contributed by atoms with Crippen LogP contribution in [0.5, 0.6) is 0 Å². The van der Waals surface area contributed by atoms with E-state index in [0.717, 1.165) is 0 Å². The Morgan fingerprint density at radius 1 is 1.52 bits per heavy atom. The van der Waals surface area contributed by atoms with E-state index in [-0.39, 0.29) is 11.8 Å². The summed E-state index contributed by atoms with van der Waals surface area (Å²) in [6.07, 6.45) is 0. The van der Waals surface area contributed by atoms with Crippen molar-refractivity contribution in [3.05, 3.63) is 0 Å². The highest BCUT2D eigenvalue weighted by molar-refractivity contribution is 8.01. The number of alkyl halides is 2. The van der Waals surface area contributed by atoms with Crippen molar-refractivity contribution >= 4 is 41.3 Å². The number of carboxylic acid groups (broad SMARTS) is 1. The van der Waals surface area contributed by atoms with Crippen LogP contribution in [0.3, 0.4) is 0 Å². The first-order valence-corrected chi connectivity index (χ1v) is 8.00. The van der Waals surface area contributed by atoms with Crippen LogP contribution >= 0.6 is 23.5 Å². The molecule has 3 atom stereocenters. The van der Waals surface area contributed by atoms with Crippen LogP contribution in [0, 0.1) is 0 Å². The molecule has 2 amide bonds. The quantitative estimate of drug-likeness (QED) is 0.712. The maximum absolute atomic E-state index is 12.0. The van der Waals surface area contributed by atoms with Gasteiger partial charge in [0.25, 0.3) is 5.76 Å². The third kappa shape index (κ3) is 2.96. The Balaban J connectivity index is 2.00. The molecule has 0 radical (unpaired) electrons. The summed E-state index contributed by atoms with van der Waals surface area (Å²) >= 11 is 1.46. The summed E-state index contributed by atoms with van der Waals surface area (Å²) < 4.78 is 23.3. The first-order chi connectivity index (χ1) is 9.65. The number of hydrogen-bond donors (Lipinski definition) is 2. The van der Waals surface area contributed by atoms with Crippen LogP contribution in [-0.2, 0) is 14.4 Å². The summed E-state index contributed by atoms with van der Waals surface area (Å²) in [5, 5.41) is 11.1. The molecule has 0 aromatic carbocycles. The van der Waals surface area contributed by atoms with Crippen molar-refractivity contribution in [2.75, 3.05) is 5.75 Å². The Kier molecular flexibility index (Phi) is 4.39. The third-order valence-corrected chi connectivity index (χ3v) is 5.58. The second kappa shape index (κ2) is 5.64. The van der Waals surface area contributed by atoms with Gasteiger partial charge in [0.05, 0.1) is 5.75 Å². The van der Waals surface area contributed by atoms with E-state index in [1.165, 1.54) is 16.7 Å². The molecular weight excluding hydrogens is 326 g/mol. The molecule has 2 N–H and O–H groups in total. The van der Waals surface area contributed by atoms with Crippen LogP contribution in [0.1, 0.15) is 13.8 Å². The fourth-order valence-electron chi connectivity index (χ4n) is 2.50. The van der Waals surface area contributed by atoms with E-state index >= 15 is 0 Å². The lowest BCUT2D eigenvalue weighted by atomic mass is 9.96. The van der Waals surface area contributed by atoms with Gasteiger partial charge in [-0.2, -0.15) is 8.78 Å². The predicted molar refractivity (Wildman–Crippen MR) is 74.1 cm³/mol. The number of carboxylic acids is 1. The molecule has 2 fully saturated rings. The van der Waals surface area contributed by atoms with Crippen LogP contribution in [0.4, 0.5) is 8.78 Å². The predicted octanol–water partition coefficient (Wildman–Crippen LogP) is 0.574. The van der Waals surface area contributed by atoms with Gasteiger partial charge in [-0.1, -0.05) is 11.8 Å². The molecule has 2 aliphatic rings. The van der Waals surface area contributed by atoms with Gasteiger partial charge in [-0.25, -0.2) is 4.79 Å². The van der Waals surface area contributed by atoms with Crippen LogP contribution in [0.2, 0.25) is 0 Å². The molecule has 2 rings (SSSR count). The molecule has 2 aliphatic heterocycles. The van der Waals surface area contributed by atoms with E-state index in [4.69, 9.17) is 0 Å². The van der Waals surface area contributed by atoms with Gasteiger partial charge in [0.2, 0.25) is 11.8 Å². The number of carbonyl (C=O) groups excluding carboxylic acids is 2. The van der Waals surface area contributed by atoms with E-state index in [0.29, 0.717) is 0 Å². The van der Waals surface area contributed by atoms with E-state index < -0.39 is 51.5 Å². The molecular formula is C11H14F2N2O4S2. The number of β-lactam (4-membered cyclic amide) rings is 1. The maximum Gasteiger partial charge on any atom is 0.327 e. The van der Waals surface area contributed by atoms with E-state index in [1.807, 2.05) is 0 Å². The molecule has 21 heavy (non-hydrogen) atoms. The van der Waals surface area contributed by atoms with Gasteiger partial charge < -0.3 is 15.3 Å². The van der Waals surface area contributed by atoms with Gasteiger partial charge in [0.1, 0.15) is 17.5 Å². The molecule has 10 heteroatoms. The van der Waals surface area contributed by atoms with Crippen LogP contribution < -0.4 is 5.32 Å². The van der Waals surface area contributed by atoms with Gasteiger partial charge in [0.15, 0.2) is 0 Å². The summed E-state index contributed by atoms with van der Waals surface area (Å²) in [5.74, 6) is -5.33. The average molecular weight is 340 g/mol. The summed E-state index contributed by atoms with van der Waals surface area (Å²) in [7, 11) is 0. The second-order valence-electron chi connectivity index (χ2n) is 5.21. The van der Waals surface area contributed by atoms with E-state index in [1.54, 1.807) is 13.8 Å². The SMILES string of the molecule is CC1(C)S[C@@H]2C(NC(=O)CSC(F)F)C(=O)N2[C@H]1C(=O)O. The molecule has 118 valence electrons. The molecule has 0 bridgehead atoms. The highest BCUT2D eigenvalue weighted by atomic mass is 32.2. The van der Waals surface area contributed by atoms with Gasteiger partial charge in [-0.15, -0.1) is 11.8 Å². The molecule has 6 nitrogen and oxygen atoms in total. The van der Waals surface area contributed by atoms with Crippen molar-refractivity contribution in [3.63, 3.8) is 0 Å². The minimum atomic E-state index is -2.65. The molecule has 0 aliphatic carbocycles. The summed E-state index contributed by atoms with van der Waals surface area (Å²) in [6.45, 7) is 3.43. The summed E-state index contributed by atoms with van der Waals surface area (Å²) in [4.78, 5) is 36.0. The number of thioether (sulfide) groups is 2. The minimum Gasteiger partial charge on any atom is -0.480 e. The highest BCUT2D eigenvalue weighted by Crippen LogP contribution is 2.50. The Morgan fingerprint density at radius 2 is 2.14 bits per heavy atom. The zero-order chi connectivity index (χ0) is 15.9. The average Bonchev–Trinajstić information content (AvgIpc) is 2.62. The van der Waals surface area contributed by atoms with Crippen molar-refractivity contribution in [1.82, 2.24) is 10.2 Å². The molecule has 2 heterocycles. The van der Waals surface area contributed by atoms with E-state index in [2.05, 4.69) is 5.32 Å².